The van der Waals surface area contributed by atoms with Gasteiger partial charge in [-0.05, 0) is 37.2 Å². The van der Waals surface area contributed by atoms with Crippen molar-refractivity contribution >= 4 is 52.9 Å². The number of hydrogen-bond donors (Lipinski definition) is 2. The van der Waals surface area contributed by atoms with E-state index in [0.717, 1.165) is 23.1 Å². The summed E-state index contributed by atoms with van der Waals surface area (Å²) in [4.78, 5) is 7.83. The lowest BCUT2D eigenvalue weighted by molar-refractivity contribution is 0.302. The lowest BCUT2D eigenvalue weighted by Gasteiger charge is -2.24. The Kier molecular flexibility index (Phi) is 9.65. The van der Waals surface area contributed by atoms with Crippen LogP contribution in [-0.2, 0) is 6.54 Å². The molecule has 1 aromatic carbocycles. The van der Waals surface area contributed by atoms with Crippen LogP contribution in [0.2, 0.25) is 5.02 Å². The van der Waals surface area contributed by atoms with Crippen LogP contribution in [0.25, 0.3) is 0 Å². The van der Waals surface area contributed by atoms with Gasteiger partial charge in [0.25, 0.3) is 0 Å². The van der Waals surface area contributed by atoms with E-state index in [4.69, 9.17) is 11.6 Å². The second kappa shape index (κ2) is 10.9. The number of rotatable bonds is 6. The highest BCUT2D eigenvalue weighted by atomic mass is 127. The van der Waals surface area contributed by atoms with E-state index in [1.807, 2.05) is 24.3 Å². The lowest BCUT2D eigenvalue weighted by atomic mass is 10.2. The molecule has 0 aliphatic carbocycles. The van der Waals surface area contributed by atoms with Crippen molar-refractivity contribution in [1.82, 2.24) is 15.5 Å². The van der Waals surface area contributed by atoms with Crippen molar-refractivity contribution in [2.75, 3.05) is 27.7 Å². The van der Waals surface area contributed by atoms with E-state index in [0.29, 0.717) is 12.6 Å². The second-order valence-electron chi connectivity index (χ2n) is 5.39. The third kappa shape index (κ3) is 6.23. The van der Waals surface area contributed by atoms with Gasteiger partial charge in [-0.2, -0.15) is 0 Å². The minimum Gasteiger partial charge on any atom is -0.354 e. The van der Waals surface area contributed by atoms with Gasteiger partial charge in [0.2, 0.25) is 0 Å². The molecule has 0 radical (unpaired) electrons. The van der Waals surface area contributed by atoms with Gasteiger partial charge in [-0.15, -0.1) is 35.3 Å². The number of nitrogens with one attached hydrogen (secondary N) is 2. The molecule has 0 saturated heterocycles. The Labute approximate surface area is 170 Å². The molecule has 0 bridgehead atoms. The summed E-state index contributed by atoms with van der Waals surface area (Å²) < 4.78 is 0. The monoisotopic (exact) mass is 478 g/mol. The van der Waals surface area contributed by atoms with Gasteiger partial charge in [-0.25, -0.2) is 0 Å². The fourth-order valence-corrected chi connectivity index (χ4v) is 3.38. The van der Waals surface area contributed by atoms with Gasteiger partial charge in [-0.1, -0.05) is 35.9 Å². The largest absolute Gasteiger partial charge is 0.354 e. The summed E-state index contributed by atoms with van der Waals surface area (Å²) in [6.45, 7) is 1.43. The highest BCUT2D eigenvalue weighted by Gasteiger charge is 2.15. The maximum atomic E-state index is 6.18. The summed E-state index contributed by atoms with van der Waals surface area (Å²) in [7, 11) is 5.95. The van der Waals surface area contributed by atoms with Gasteiger partial charge in [0.15, 0.2) is 5.96 Å². The number of hydrogen-bond acceptors (Lipinski definition) is 3. The first-order chi connectivity index (χ1) is 11.1. The first-order valence-corrected chi connectivity index (χ1v) is 8.75. The summed E-state index contributed by atoms with van der Waals surface area (Å²) in [6.07, 6.45) is 0. The molecule has 7 heteroatoms. The minimum atomic E-state index is 0. The van der Waals surface area contributed by atoms with Gasteiger partial charge in [0.05, 0.1) is 6.04 Å². The predicted octanol–water partition coefficient (Wildman–Crippen LogP) is 3.99. The van der Waals surface area contributed by atoms with Crippen molar-refractivity contribution in [3.05, 3.63) is 57.2 Å². The Morgan fingerprint density at radius 1 is 1.21 bits per heavy atom. The maximum absolute atomic E-state index is 6.18. The van der Waals surface area contributed by atoms with Crippen LogP contribution in [0.4, 0.5) is 0 Å². The zero-order valence-corrected chi connectivity index (χ0v) is 18.0. The molecule has 2 aromatic rings. The topological polar surface area (TPSA) is 39.7 Å². The van der Waals surface area contributed by atoms with Crippen LogP contribution >= 0.6 is 46.9 Å². The third-order valence-corrected chi connectivity index (χ3v) is 4.93. The molecule has 1 heterocycles. The molecule has 2 rings (SSSR count). The molecule has 0 aliphatic rings. The first-order valence-electron chi connectivity index (χ1n) is 7.49. The van der Waals surface area contributed by atoms with Crippen LogP contribution in [0.15, 0.2) is 46.8 Å². The molecule has 1 atom stereocenters. The molecule has 0 spiro atoms. The summed E-state index contributed by atoms with van der Waals surface area (Å²) in [6, 6.07) is 12.4. The number of thiophene rings is 1. The van der Waals surface area contributed by atoms with Crippen LogP contribution in [0, 0.1) is 0 Å². The second-order valence-corrected chi connectivity index (χ2v) is 6.78. The van der Waals surface area contributed by atoms with Gasteiger partial charge in [0.1, 0.15) is 0 Å². The molecule has 0 aliphatic heterocycles. The Hall–Kier alpha value is -0.830. The molecule has 0 amide bonds. The van der Waals surface area contributed by atoms with Crippen LogP contribution in [-0.4, -0.2) is 38.5 Å². The molecule has 24 heavy (non-hydrogen) atoms. The van der Waals surface area contributed by atoms with Crippen molar-refractivity contribution in [1.29, 1.82) is 0 Å². The van der Waals surface area contributed by atoms with Crippen molar-refractivity contribution < 1.29 is 0 Å². The Bertz CT molecular complexity index is 631. The molecule has 1 unspecified atom stereocenters. The summed E-state index contributed by atoms with van der Waals surface area (Å²) in [5.74, 6) is 0.772. The quantitative estimate of drug-likeness (QED) is 0.375. The summed E-state index contributed by atoms with van der Waals surface area (Å²) >= 11 is 7.95. The van der Waals surface area contributed by atoms with E-state index in [2.05, 4.69) is 52.1 Å². The van der Waals surface area contributed by atoms with Crippen LogP contribution in [0.1, 0.15) is 16.5 Å². The average molecular weight is 479 g/mol. The van der Waals surface area contributed by atoms with E-state index in [1.165, 1.54) is 4.88 Å². The Morgan fingerprint density at radius 3 is 2.54 bits per heavy atom. The predicted molar refractivity (Wildman–Crippen MR) is 116 cm³/mol. The number of benzene rings is 1. The highest BCUT2D eigenvalue weighted by molar-refractivity contribution is 14.0. The normalized spacial score (nSPS) is 12.6. The SMILES string of the molecule is CN=C(NCc1ccccc1Cl)NCC(c1cccs1)N(C)C.I. The molecule has 4 nitrogen and oxygen atoms in total. The molecule has 132 valence electrons. The first kappa shape index (κ1) is 21.2. The van der Waals surface area contributed by atoms with Crippen LogP contribution in [0.5, 0.6) is 0 Å². The Morgan fingerprint density at radius 2 is 1.96 bits per heavy atom. The van der Waals surface area contributed by atoms with Crippen molar-refractivity contribution in [3.8, 4) is 0 Å². The zero-order valence-electron chi connectivity index (χ0n) is 14.1. The smallest absolute Gasteiger partial charge is 0.191 e. The number of halogens is 2. The highest BCUT2D eigenvalue weighted by Crippen LogP contribution is 2.22. The van der Waals surface area contributed by atoms with E-state index in [9.17, 15) is 0 Å². The number of likely N-dealkylation sites (N-methyl/N-ethyl adjacent to an activating group) is 1. The third-order valence-electron chi connectivity index (χ3n) is 3.59. The van der Waals surface area contributed by atoms with E-state index in [1.54, 1.807) is 18.4 Å². The lowest BCUT2D eigenvalue weighted by Crippen LogP contribution is -2.41. The zero-order chi connectivity index (χ0) is 16.7. The summed E-state index contributed by atoms with van der Waals surface area (Å²) in [5, 5.41) is 9.57. The Balaban J connectivity index is 0.00000288. The minimum absolute atomic E-state index is 0. The molecular formula is C17H24ClIN4S. The molecule has 0 fully saturated rings. The standard InChI is InChI=1S/C17H23ClN4S.HI/c1-19-17(20-11-13-7-4-5-8-14(13)18)21-12-15(22(2)3)16-9-6-10-23-16;/h4-10,15H,11-12H2,1-3H3,(H2,19,20,21);1H. The van der Waals surface area contributed by atoms with E-state index in [-0.39, 0.29) is 24.0 Å². The van der Waals surface area contributed by atoms with Crippen molar-refractivity contribution in [2.45, 2.75) is 12.6 Å². The molecule has 2 N–H and O–H groups in total. The molecular weight excluding hydrogens is 455 g/mol. The van der Waals surface area contributed by atoms with Crippen LogP contribution < -0.4 is 10.6 Å². The van der Waals surface area contributed by atoms with E-state index < -0.39 is 0 Å². The number of aliphatic imine (C=N–C) groups is 1. The van der Waals surface area contributed by atoms with Gasteiger partial charge in [-0.3, -0.25) is 4.99 Å². The maximum Gasteiger partial charge on any atom is 0.191 e. The summed E-state index contributed by atoms with van der Waals surface area (Å²) in [5.41, 5.74) is 1.06. The van der Waals surface area contributed by atoms with Crippen molar-refractivity contribution in [3.63, 3.8) is 0 Å². The van der Waals surface area contributed by atoms with Crippen molar-refractivity contribution in [2.24, 2.45) is 4.99 Å². The molecule has 1 aromatic heterocycles. The van der Waals surface area contributed by atoms with E-state index >= 15 is 0 Å². The average Bonchev–Trinajstić information content (AvgIpc) is 3.05. The van der Waals surface area contributed by atoms with Gasteiger partial charge in [0, 0.05) is 30.0 Å². The fourth-order valence-electron chi connectivity index (χ4n) is 2.25. The van der Waals surface area contributed by atoms with Gasteiger partial charge >= 0.3 is 0 Å². The fraction of sp³-hybridized carbons (Fsp3) is 0.353. The molecule has 0 saturated carbocycles. The number of nitrogens with zero attached hydrogens (tertiary/aromatic N) is 2. The number of guanidine groups is 1. The van der Waals surface area contributed by atoms with Crippen LogP contribution in [0.3, 0.4) is 0 Å². The van der Waals surface area contributed by atoms with Gasteiger partial charge < -0.3 is 15.5 Å².